The van der Waals surface area contributed by atoms with Crippen LogP contribution in [0.3, 0.4) is 0 Å². The molecule has 1 aliphatic carbocycles. The van der Waals surface area contributed by atoms with E-state index in [1.807, 2.05) is 6.07 Å². The lowest BCUT2D eigenvalue weighted by atomic mass is 10.1. The summed E-state index contributed by atoms with van der Waals surface area (Å²) in [5.74, 6) is 2.88. The van der Waals surface area contributed by atoms with Gasteiger partial charge in [0.2, 0.25) is 0 Å². The molecule has 2 N–H and O–H groups in total. The zero-order chi connectivity index (χ0) is 11.7. The molecule has 1 aliphatic rings. The van der Waals surface area contributed by atoms with E-state index in [0.29, 0.717) is 11.8 Å². The van der Waals surface area contributed by atoms with Gasteiger partial charge in [-0.15, -0.1) is 0 Å². The summed E-state index contributed by atoms with van der Waals surface area (Å²) >= 11 is 0. The molecule has 1 aromatic carbocycles. The quantitative estimate of drug-likeness (QED) is 0.847. The molecule has 0 heterocycles. The molecule has 1 aromatic rings. The minimum atomic E-state index is 0.266. The summed E-state index contributed by atoms with van der Waals surface area (Å²) in [6.07, 6.45) is 1.17. The van der Waals surface area contributed by atoms with Crippen LogP contribution >= 0.6 is 0 Å². The Kier molecular flexibility index (Phi) is 3.06. The van der Waals surface area contributed by atoms with Gasteiger partial charge in [0.25, 0.3) is 0 Å². The standard InChI is InChI=1S/C13H19NO2/c1-8(14)12-7-13(12)9-4-10(15-2)6-11(5-9)16-3/h4-6,8,12-13H,7,14H2,1-3H3/t8-,12+,13+/m1/s1. The van der Waals surface area contributed by atoms with Crippen molar-refractivity contribution >= 4 is 0 Å². The molecule has 1 fully saturated rings. The van der Waals surface area contributed by atoms with Crippen molar-refractivity contribution in [2.75, 3.05) is 14.2 Å². The Bertz CT molecular complexity index is 354. The van der Waals surface area contributed by atoms with Crippen LogP contribution in [0.25, 0.3) is 0 Å². The second-order valence-corrected chi connectivity index (χ2v) is 4.51. The number of rotatable bonds is 4. The first kappa shape index (κ1) is 11.3. The summed E-state index contributed by atoms with van der Waals surface area (Å²) in [6.45, 7) is 2.07. The van der Waals surface area contributed by atoms with Crippen LogP contribution in [0.1, 0.15) is 24.8 Å². The monoisotopic (exact) mass is 221 g/mol. The maximum atomic E-state index is 5.90. The molecule has 0 bridgehead atoms. The molecule has 16 heavy (non-hydrogen) atoms. The molecule has 0 aliphatic heterocycles. The van der Waals surface area contributed by atoms with Crippen molar-refractivity contribution in [2.45, 2.75) is 25.3 Å². The van der Waals surface area contributed by atoms with Crippen molar-refractivity contribution < 1.29 is 9.47 Å². The van der Waals surface area contributed by atoms with Gasteiger partial charge in [0.15, 0.2) is 0 Å². The van der Waals surface area contributed by atoms with Crippen molar-refractivity contribution in [1.29, 1.82) is 0 Å². The Labute approximate surface area is 96.5 Å². The summed E-state index contributed by atoms with van der Waals surface area (Å²) < 4.78 is 10.5. The van der Waals surface area contributed by atoms with E-state index >= 15 is 0 Å². The molecular formula is C13H19NO2. The highest BCUT2D eigenvalue weighted by atomic mass is 16.5. The first-order valence-corrected chi connectivity index (χ1v) is 5.64. The van der Waals surface area contributed by atoms with Gasteiger partial charge in [-0.1, -0.05) is 0 Å². The summed E-state index contributed by atoms with van der Waals surface area (Å²) in [5.41, 5.74) is 7.18. The molecule has 0 spiro atoms. The molecule has 1 saturated carbocycles. The fourth-order valence-corrected chi connectivity index (χ4v) is 2.22. The van der Waals surface area contributed by atoms with E-state index in [2.05, 4.69) is 19.1 Å². The summed E-state index contributed by atoms with van der Waals surface area (Å²) in [4.78, 5) is 0. The molecule has 0 radical (unpaired) electrons. The number of hydrogen-bond acceptors (Lipinski definition) is 3. The first-order chi connectivity index (χ1) is 7.65. The molecule has 0 unspecified atom stereocenters. The molecular weight excluding hydrogens is 202 g/mol. The number of nitrogens with two attached hydrogens (primary N) is 1. The average Bonchev–Trinajstić information content (AvgIpc) is 3.08. The topological polar surface area (TPSA) is 44.5 Å². The second-order valence-electron chi connectivity index (χ2n) is 4.51. The SMILES string of the molecule is COc1cc(OC)cc([C@@H]2C[C@H]2[C@@H](C)N)c1. The third kappa shape index (κ3) is 2.14. The highest BCUT2D eigenvalue weighted by molar-refractivity contribution is 5.42. The fraction of sp³-hybridized carbons (Fsp3) is 0.538. The number of ether oxygens (including phenoxy) is 2. The molecule has 0 saturated heterocycles. The van der Waals surface area contributed by atoms with Crippen LogP contribution in [0.5, 0.6) is 11.5 Å². The molecule has 0 amide bonds. The van der Waals surface area contributed by atoms with Crippen molar-refractivity contribution in [2.24, 2.45) is 11.7 Å². The lowest BCUT2D eigenvalue weighted by Gasteiger charge is -2.09. The molecule has 88 valence electrons. The van der Waals surface area contributed by atoms with E-state index in [4.69, 9.17) is 15.2 Å². The van der Waals surface area contributed by atoms with Gasteiger partial charge < -0.3 is 15.2 Å². The zero-order valence-electron chi connectivity index (χ0n) is 10.1. The fourth-order valence-electron chi connectivity index (χ4n) is 2.22. The van der Waals surface area contributed by atoms with E-state index in [0.717, 1.165) is 11.5 Å². The lowest BCUT2D eigenvalue weighted by Crippen LogP contribution is -2.17. The molecule has 3 atom stereocenters. The third-order valence-corrected chi connectivity index (χ3v) is 3.32. The molecule has 2 rings (SSSR count). The van der Waals surface area contributed by atoms with E-state index in [1.165, 1.54) is 12.0 Å². The van der Waals surface area contributed by atoms with Gasteiger partial charge in [-0.25, -0.2) is 0 Å². The van der Waals surface area contributed by atoms with Crippen LogP contribution in [-0.4, -0.2) is 20.3 Å². The van der Waals surface area contributed by atoms with Crippen molar-refractivity contribution in [3.05, 3.63) is 23.8 Å². The maximum Gasteiger partial charge on any atom is 0.122 e. The first-order valence-electron chi connectivity index (χ1n) is 5.64. The Hall–Kier alpha value is -1.22. The van der Waals surface area contributed by atoms with Crippen LogP contribution < -0.4 is 15.2 Å². The van der Waals surface area contributed by atoms with Gasteiger partial charge >= 0.3 is 0 Å². The van der Waals surface area contributed by atoms with Crippen molar-refractivity contribution in [3.8, 4) is 11.5 Å². The van der Waals surface area contributed by atoms with Gasteiger partial charge in [0.1, 0.15) is 11.5 Å². The van der Waals surface area contributed by atoms with E-state index < -0.39 is 0 Å². The summed E-state index contributed by atoms with van der Waals surface area (Å²) in [5, 5.41) is 0. The molecule has 3 heteroatoms. The maximum absolute atomic E-state index is 5.90. The van der Waals surface area contributed by atoms with Crippen molar-refractivity contribution in [3.63, 3.8) is 0 Å². The van der Waals surface area contributed by atoms with Crippen LogP contribution in [0.4, 0.5) is 0 Å². The third-order valence-electron chi connectivity index (χ3n) is 3.32. The number of hydrogen-bond donors (Lipinski definition) is 1. The minimum absolute atomic E-state index is 0.266. The van der Waals surface area contributed by atoms with Crippen LogP contribution in [-0.2, 0) is 0 Å². The largest absolute Gasteiger partial charge is 0.497 e. The van der Waals surface area contributed by atoms with E-state index in [1.54, 1.807) is 14.2 Å². The lowest BCUT2D eigenvalue weighted by molar-refractivity contribution is 0.393. The Morgan fingerprint density at radius 2 is 1.75 bits per heavy atom. The zero-order valence-corrected chi connectivity index (χ0v) is 10.1. The second kappa shape index (κ2) is 4.34. The van der Waals surface area contributed by atoms with Gasteiger partial charge in [0, 0.05) is 12.1 Å². The van der Waals surface area contributed by atoms with E-state index in [-0.39, 0.29) is 6.04 Å². The van der Waals surface area contributed by atoms with Gasteiger partial charge in [0.05, 0.1) is 14.2 Å². The number of benzene rings is 1. The van der Waals surface area contributed by atoms with Crippen molar-refractivity contribution in [1.82, 2.24) is 0 Å². The number of methoxy groups -OCH3 is 2. The highest BCUT2D eigenvalue weighted by Crippen LogP contribution is 2.50. The predicted molar refractivity (Wildman–Crippen MR) is 64.0 cm³/mol. The highest BCUT2D eigenvalue weighted by Gasteiger charge is 2.41. The normalized spacial score (nSPS) is 25.0. The Balaban J connectivity index is 2.21. The van der Waals surface area contributed by atoms with Gasteiger partial charge in [-0.2, -0.15) is 0 Å². The smallest absolute Gasteiger partial charge is 0.122 e. The predicted octanol–water partition coefficient (Wildman–Crippen LogP) is 2.15. The molecule has 0 aromatic heterocycles. The Morgan fingerprint density at radius 3 is 2.12 bits per heavy atom. The van der Waals surface area contributed by atoms with Gasteiger partial charge in [-0.3, -0.25) is 0 Å². The van der Waals surface area contributed by atoms with Crippen LogP contribution in [0.15, 0.2) is 18.2 Å². The summed E-state index contributed by atoms with van der Waals surface area (Å²) in [6, 6.07) is 6.32. The van der Waals surface area contributed by atoms with Crippen LogP contribution in [0.2, 0.25) is 0 Å². The van der Waals surface area contributed by atoms with Gasteiger partial charge in [-0.05, 0) is 42.9 Å². The molecule has 3 nitrogen and oxygen atoms in total. The van der Waals surface area contributed by atoms with Crippen LogP contribution in [0, 0.1) is 5.92 Å². The Morgan fingerprint density at radius 1 is 1.19 bits per heavy atom. The average molecular weight is 221 g/mol. The summed E-state index contributed by atoms with van der Waals surface area (Å²) in [7, 11) is 3.35. The minimum Gasteiger partial charge on any atom is -0.497 e. The van der Waals surface area contributed by atoms with E-state index in [9.17, 15) is 0 Å².